The van der Waals surface area contributed by atoms with Crippen LogP contribution in [-0.2, 0) is 19.2 Å². The molecule has 3 aromatic carbocycles. The summed E-state index contributed by atoms with van der Waals surface area (Å²) in [4.78, 5) is 59.3. The highest BCUT2D eigenvalue weighted by Crippen LogP contribution is 2.65. The Hall–Kier alpha value is -4.28. The summed E-state index contributed by atoms with van der Waals surface area (Å²) >= 11 is 9.57. The van der Waals surface area contributed by atoms with E-state index in [-0.39, 0.29) is 46.9 Å². The van der Waals surface area contributed by atoms with Gasteiger partial charge >= 0.3 is 0 Å². The third kappa shape index (κ3) is 4.44. The Morgan fingerprint density at radius 2 is 1.70 bits per heavy atom. The fourth-order valence-electron chi connectivity index (χ4n) is 8.21. The van der Waals surface area contributed by atoms with Gasteiger partial charge in [-0.1, -0.05) is 64.0 Å². The third-order valence-corrected chi connectivity index (χ3v) is 11.2. The molecule has 0 aromatic heterocycles. The molecule has 8 nitrogen and oxygen atoms in total. The number of phenols is 1. The van der Waals surface area contributed by atoms with Crippen molar-refractivity contribution in [3.05, 3.63) is 99.3 Å². The fraction of sp³-hybridized carbons (Fsp3) is 0.278. The van der Waals surface area contributed by atoms with Gasteiger partial charge in [0.2, 0.25) is 23.6 Å². The number of rotatable bonds is 5. The van der Waals surface area contributed by atoms with Crippen LogP contribution >= 0.6 is 27.5 Å². The zero-order valence-corrected chi connectivity index (χ0v) is 27.7. The molecular formula is C36H29BrClFN2O6. The number of carbonyl (C=O) groups is 4. The molecule has 2 aliphatic carbocycles. The molecule has 3 aromatic rings. The average Bonchev–Trinajstić information content (AvgIpc) is 3.43. The number of amides is 4. The number of halogens is 3. The van der Waals surface area contributed by atoms with Crippen LogP contribution in [0.1, 0.15) is 36.8 Å². The number of benzene rings is 3. The van der Waals surface area contributed by atoms with E-state index in [0.717, 1.165) is 16.5 Å². The van der Waals surface area contributed by atoms with Crippen LogP contribution in [0.4, 0.5) is 15.8 Å². The number of anilines is 2. The molecule has 11 heteroatoms. The van der Waals surface area contributed by atoms with Crippen molar-refractivity contribution >= 4 is 68.6 Å². The monoisotopic (exact) mass is 718 g/mol. The number of carbonyl (C=O) groups excluding carboxylic acids is 4. The normalized spacial score (nSPS) is 28.2. The molecule has 0 radical (unpaired) electrons. The SMILES string of the molecule is C=Cc1ccc(N2C(=O)C3CC=C4C(CC5C(=O)N(c6ccc(F)c(Cl)c6)C(=O)C5(C)C4c4cc(Br)cc(OC)c4O)C3C2=O)cc1. The predicted molar refractivity (Wildman–Crippen MR) is 177 cm³/mol. The Bertz CT molecular complexity index is 1950. The molecular weight excluding hydrogens is 691 g/mol. The highest BCUT2D eigenvalue weighted by molar-refractivity contribution is 9.10. The van der Waals surface area contributed by atoms with Gasteiger partial charge in [0.05, 0.1) is 46.7 Å². The summed E-state index contributed by atoms with van der Waals surface area (Å²) in [6.45, 7) is 5.45. The van der Waals surface area contributed by atoms with Crippen LogP contribution in [0.25, 0.3) is 6.08 Å². The lowest BCUT2D eigenvalue weighted by Gasteiger charge is -2.49. The van der Waals surface area contributed by atoms with Crippen molar-refractivity contribution in [3.63, 3.8) is 0 Å². The molecule has 2 heterocycles. The van der Waals surface area contributed by atoms with Gasteiger partial charge in [-0.05, 0) is 73.7 Å². The summed E-state index contributed by atoms with van der Waals surface area (Å²) in [5.74, 6) is -6.38. The number of aromatic hydroxyl groups is 1. The lowest BCUT2D eigenvalue weighted by atomic mass is 9.51. The molecule has 4 amide bonds. The number of hydrogen-bond acceptors (Lipinski definition) is 6. The quantitative estimate of drug-likeness (QED) is 0.224. The van der Waals surface area contributed by atoms with Crippen molar-refractivity contribution in [2.24, 2.45) is 29.1 Å². The number of phenolic OH excluding ortho intramolecular Hbond substituents is 1. The van der Waals surface area contributed by atoms with Gasteiger partial charge in [-0.15, -0.1) is 0 Å². The minimum Gasteiger partial charge on any atom is -0.504 e. The number of methoxy groups -OCH3 is 1. The first kappa shape index (κ1) is 31.3. The molecule has 240 valence electrons. The minimum absolute atomic E-state index is 0.115. The molecule has 47 heavy (non-hydrogen) atoms. The van der Waals surface area contributed by atoms with Crippen molar-refractivity contribution in [3.8, 4) is 11.5 Å². The lowest BCUT2D eigenvalue weighted by molar-refractivity contribution is -0.131. The van der Waals surface area contributed by atoms with Crippen molar-refractivity contribution in [2.75, 3.05) is 16.9 Å². The van der Waals surface area contributed by atoms with Gasteiger partial charge in [-0.25, -0.2) is 9.29 Å². The Morgan fingerprint density at radius 1 is 1.00 bits per heavy atom. The molecule has 1 saturated carbocycles. The molecule has 2 aliphatic heterocycles. The van der Waals surface area contributed by atoms with Crippen LogP contribution in [0.2, 0.25) is 5.02 Å². The van der Waals surface area contributed by atoms with Crippen molar-refractivity contribution in [1.29, 1.82) is 0 Å². The first-order chi connectivity index (χ1) is 22.4. The van der Waals surface area contributed by atoms with Crippen molar-refractivity contribution in [2.45, 2.75) is 25.7 Å². The molecule has 7 rings (SSSR count). The second-order valence-corrected chi connectivity index (χ2v) is 13.9. The summed E-state index contributed by atoms with van der Waals surface area (Å²) < 4.78 is 20.2. The van der Waals surface area contributed by atoms with Gasteiger partial charge in [0, 0.05) is 16.0 Å². The van der Waals surface area contributed by atoms with Gasteiger partial charge in [0.1, 0.15) is 5.82 Å². The summed E-state index contributed by atoms with van der Waals surface area (Å²) in [5.41, 5.74) is 1.01. The fourth-order valence-corrected chi connectivity index (χ4v) is 8.84. The second-order valence-electron chi connectivity index (χ2n) is 12.6. The van der Waals surface area contributed by atoms with E-state index in [0.29, 0.717) is 21.3 Å². The van der Waals surface area contributed by atoms with Gasteiger partial charge in [0.15, 0.2) is 11.5 Å². The maximum atomic E-state index is 14.6. The van der Waals surface area contributed by atoms with E-state index in [9.17, 15) is 28.7 Å². The van der Waals surface area contributed by atoms with Crippen LogP contribution in [-0.4, -0.2) is 35.8 Å². The first-order valence-corrected chi connectivity index (χ1v) is 16.3. The standard InChI is InChI=1S/C36H29BrClFN2O6/c1-4-17-5-7-19(8-6-17)40-32(43)22-11-10-21-23(29(22)34(40)45)16-25-33(44)41(20-9-12-27(39)26(38)15-20)35(46)36(25,2)30(21)24-13-18(37)14-28(47-3)31(24)42/h4-10,12-15,22-23,25,29-30,42H,1,11,16H2,2-3H3. The zero-order chi connectivity index (χ0) is 33.5. The summed E-state index contributed by atoms with van der Waals surface area (Å²) in [6, 6.07) is 13.9. The Balaban J connectivity index is 1.39. The molecule has 0 spiro atoms. The van der Waals surface area contributed by atoms with Crippen molar-refractivity contribution in [1.82, 2.24) is 0 Å². The van der Waals surface area contributed by atoms with E-state index in [1.165, 1.54) is 24.1 Å². The van der Waals surface area contributed by atoms with Crippen LogP contribution in [0.3, 0.4) is 0 Å². The first-order valence-electron chi connectivity index (χ1n) is 15.1. The largest absolute Gasteiger partial charge is 0.504 e. The van der Waals surface area contributed by atoms with Crippen LogP contribution in [0.15, 0.2) is 77.3 Å². The van der Waals surface area contributed by atoms with Crippen LogP contribution in [0.5, 0.6) is 11.5 Å². The van der Waals surface area contributed by atoms with Crippen molar-refractivity contribution < 1.29 is 33.4 Å². The van der Waals surface area contributed by atoms with Gasteiger partial charge in [0.25, 0.3) is 0 Å². The minimum atomic E-state index is -1.43. The Morgan fingerprint density at radius 3 is 2.36 bits per heavy atom. The van der Waals surface area contributed by atoms with E-state index >= 15 is 0 Å². The molecule has 1 N–H and O–H groups in total. The predicted octanol–water partition coefficient (Wildman–Crippen LogP) is 7.03. The van der Waals surface area contributed by atoms with E-state index in [4.69, 9.17) is 16.3 Å². The van der Waals surface area contributed by atoms with E-state index in [1.54, 1.807) is 49.4 Å². The molecule has 2 saturated heterocycles. The summed E-state index contributed by atoms with van der Waals surface area (Å²) in [5, 5.41) is 11.3. The van der Waals surface area contributed by atoms with Crippen LogP contribution < -0.4 is 14.5 Å². The van der Waals surface area contributed by atoms with Crippen LogP contribution in [0, 0.1) is 34.9 Å². The number of imide groups is 2. The maximum Gasteiger partial charge on any atom is 0.241 e. The topological polar surface area (TPSA) is 104 Å². The number of ether oxygens (including phenoxy) is 1. The maximum absolute atomic E-state index is 14.6. The smallest absolute Gasteiger partial charge is 0.241 e. The molecule has 6 unspecified atom stereocenters. The number of fused-ring (bicyclic) bond motifs is 4. The number of hydrogen-bond donors (Lipinski definition) is 1. The van der Waals surface area contributed by atoms with Gasteiger partial charge in [-0.2, -0.15) is 0 Å². The highest BCUT2D eigenvalue weighted by atomic mass is 79.9. The summed E-state index contributed by atoms with van der Waals surface area (Å²) in [7, 11) is 1.41. The van der Waals surface area contributed by atoms with E-state index < -0.39 is 52.6 Å². The second kappa shape index (κ2) is 11.2. The zero-order valence-electron chi connectivity index (χ0n) is 25.4. The molecule has 0 bridgehead atoms. The third-order valence-electron chi connectivity index (χ3n) is 10.4. The Kier molecular flexibility index (Phi) is 7.44. The summed E-state index contributed by atoms with van der Waals surface area (Å²) in [6.07, 6.45) is 3.92. The molecule has 3 fully saturated rings. The molecule has 6 atom stereocenters. The number of allylic oxidation sites excluding steroid dienone is 2. The van der Waals surface area contributed by atoms with Gasteiger partial charge < -0.3 is 9.84 Å². The van der Waals surface area contributed by atoms with E-state index in [2.05, 4.69) is 22.5 Å². The average molecular weight is 720 g/mol. The Labute approximate surface area is 283 Å². The highest BCUT2D eigenvalue weighted by Gasteiger charge is 2.68. The van der Waals surface area contributed by atoms with E-state index in [1.807, 2.05) is 6.08 Å². The molecule has 4 aliphatic rings. The van der Waals surface area contributed by atoms with Gasteiger partial charge in [-0.3, -0.25) is 24.1 Å². The lowest BCUT2D eigenvalue weighted by Crippen LogP contribution is -2.49. The number of nitrogens with zero attached hydrogens (tertiary/aromatic N) is 2.